The molecule has 0 aromatic heterocycles. The Bertz CT molecular complexity index is 302. The number of hydrogen-bond acceptors (Lipinski definition) is 4. The van der Waals surface area contributed by atoms with Crippen molar-refractivity contribution in [3.63, 3.8) is 0 Å². The summed E-state index contributed by atoms with van der Waals surface area (Å²) >= 11 is 0. The van der Waals surface area contributed by atoms with E-state index in [9.17, 15) is 9.90 Å². The van der Waals surface area contributed by atoms with Crippen LogP contribution < -0.4 is 11.1 Å². The van der Waals surface area contributed by atoms with Gasteiger partial charge in [0.2, 0.25) is 5.91 Å². The zero-order valence-corrected chi connectivity index (χ0v) is 11.9. The van der Waals surface area contributed by atoms with E-state index in [-0.39, 0.29) is 5.91 Å². The van der Waals surface area contributed by atoms with Crippen molar-refractivity contribution >= 4 is 5.91 Å². The zero-order valence-electron chi connectivity index (χ0n) is 11.9. The summed E-state index contributed by atoms with van der Waals surface area (Å²) in [6.45, 7) is 8.44. The van der Waals surface area contributed by atoms with Gasteiger partial charge in [0.15, 0.2) is 0 Å². The number of aliphatic hydroxyl groups is 1. The van der Waals surface area contributed by atoms with Crippen molar-refractivity contribution in [3.8, 4) is 0 Å². The van der Waals surface area contributed by atoms with Gasteiger partial charge in [0.1, 0.15) is 0 Å². The minimum absolute atomic E-state index is 0.0829. The van der Waals surface area contributed by atoms with E-state index >= 15 is 0 Å². The highest BCUT2D eigenvalue weighted by atomic mass is 16.5. The van der Waals surface area contributed by atoms with Crippen LogP contribution in [-0.4, -0.2) is 41.9 Å². The van der Waals surface area contributed by atoms with Gasteiger partial charge in [-0.05, 0) is 40.5 Å². The summed E-state index contributed by atoms with van der Waals surface area (Å²) in [7, 11) is 0. The zero-order chi connectivity index (χ0) is 14.0. The summed E-state index contributed by atoms with van der Waals surface area (Å²) in [5.41, 5.74) is 3.53. The first-order chi connectivity index (χ1) is 8.15. The van der Waals surface area contributed by atoms with Crippen LogP contribution >= 0.6 is 0 Å². The third kappa shape index (κ3) is 3.02. The summed E-state index contributed by atoms with van der Waals surface area (Å²) in [4.78, 5) is 12.5. The maximum absolute atomic E-state index is 12.5. The molecule has 106 valence electrons. The first-order valence-corrected chi connectivity index (χ1v) is 6.47. The van der Waals surface area contributed by atoms with Crippen LogP contribution in [0.3, 0.4) is 0 Å². The van der Waals surface area contributed by atoms with Gasteiger partial charge >= 0.3 is 0 Å². The van der Waals surface area contributed by atoms with Gasteiger partial charge in [0.25, 0.3) is 0 Å². The second-order valence-electron chi connectivity index (χ2n) is 6.23. The van der Waals surface area contributed by atoms with E-state index in [4.69, 9.17) is 10.5 Å². The second-order valence-corrected chi connectivity index (χ2v) is 6.23. The van der Waals surface area contributed by atoms with Crippen LogP contribution in [0.2, 0.25) is 0 Å². The molecule has 0 aromatic carbocycles. The molecule has 0 saturated carbocycles. The Balaban J connectivity index is 2.80. The van der Waals surface area contributed by atoms with Crippen molar-refractivity contribution < 1.29 is 14.6 Å². The molecule has 1 rings (SSSR count). The predicted molar refractivity (Wildman–Crippen MR) is 70.1 cm³/mol. The molecule has 1 aliphatic rings. The molecule has 0 unspecified atom stereocenters. The van der Waals surface area contributed by atoms with E-state index in [1.165, 1.54) is 0 Å². The highest BCUT2D eigenvalue weighted by molar-refractivity contribution is 5.83. The van der Waals surface area contributed by atoms with E-state index in [1.54, 1.807) is 13.8 Å². The number of nitrogens with one attached hydrogen (secondary N) is 1. The molecule has 0 aromatic rings. The van der Waals surface area contributed by atoms with E-state index in [2.05, 4.69) is 5.32 Å². The molecule has 0 bridgehead atoms. The standard InChI is InChI=1S/C13H26N2O3/c1-11(2,12(3,4)17)15-10(16)13(9-14)5-7-18-8-6-13/h17H,5-9,14H2,1-4H3,(H,15,16). The Labute approximate surface area is 109 Å². The summed E-state index contributed by atoms with van der Waals surface area (Å²) < 4.78 is 5.29. The fraction of sp³-hybridized carbons (Fsp3) is 0.923. The minimum atomic E-state index is -0.996. The van der Waals surface area contributed by atoms with Crippen molar-refractivity contribution in [2.24, 2.45) is 11.1 Å². The van der Waals surface area contributed by atoms with Crippen molar-refractivity contribution in [3.05, 3.63) is 0 Å². The van der Waals surface area contributed by atoms with Crippen LogP contribution in [0.5, 0.6) is 0 Å². The first-order valence-electron chi connectivity index (χ1n) is 6.47. The van der Waals surface area contributed by atoms with Gasteiger partial charge in [-0.3, -0.25) is 4.79 Å². The molecular weight excluding hydrogens is 232 g/mol. The molecule has 1 fully saturated rings. The third-order valence-electron chi connectivity index (χ3n) is 4.28. The maximum Gasteiger partial charge on any atom is 0.228 e. The molecular formula is C13H26N2O3. The van der Waals surface area contributed by atoms with E-state index in [0.717, 1.165) is 0 Å². The van der Waals surface area contributed by atoms with Gasteiger partial charge < -0.3 is 20.9 Å². The lowest BCUT2D eigenvalue weighted by Crippen LogP contribution is -2.62. The fourth-order valence-corrected chi connectivity index (χ4v) is 1.86. The van der Waals surface area contributed by atoms with Crippen molar-refractivity contribution in [2.75, 3.05) is 19.8 Å². The topological polar surface area (TPSA) is 84.6 Å². The van der Waals surface area contributed by atoms with E-state index < -0.39 is 16.6 Å². The highest BCUT2D eigenvalue weighted by Crippen LogP contribution is 2.31. The SMILES string of the molecule is CC(C)(O)C(C)(C)NC(=O)C1(CN)CCOCC1. The van der Waals surface area contributed by atoms with E-state index in [1.807, 2.05) is 13.8 Å². The molecule has 1 heterocycles. The molecule has 0 radical (unpaired) electrons. The number of hydrogen-bond donors (Lipinski definition) is 3. The predicted octanol–water partition coefficient (Wildman–Crippen LogP) is 0.408. The minimum Gasteiger partial charge on any atom is -0.388 e. The third-order valence-corrected chi connectivity index (χ3v) is 4.28. The first kappa shape index (κ1) is 15.4. The molecule has 0 atom stereocenters. The molecule has 5 heteroatoms. The number of carbonyl (C=O) groups is 1. The Hall–Kier alpha value is -0.650. The lowest BCUT2D eigenvalue weighted by Gasteiger charge is -2.42. The molecule has 0 aliphatic carbocycles. The Kier molecular flexibility index (Phi) is 4.41. The van der Waals surface area contributed by atoms with Crippen LogP contribution in [-0.2, 0) is 9.53 Å². The van der Waals surface area contributed by atoms with Crippen LogP contribution in [0.1, 0.15) is 40.5 Å². The summed E-state index contributed by atoms with van der Waals surface area (Å²) in [6, 6.07) is 0. The Morgan fingerprint density at radius 2 is 1.83 bits per heavy atom. The van der Waals surface area contributed by atoms with Crippen LogP contribution in [0, 0.1) is 5.41 Å². The average molecular weight is 258 g/mol. The molecule has 18 heavy (non-hydrogen) atoms. The largest absolute Gasteiger partial charge is 0.388 e. The smallest absolute Gasteiger partial charge is 0.228 e. The number of rotatable bonds is 4. The quantitative estimate of drug-likeness (QED) is 0.682. The highest BCUT2D eigenvalue weighted by Gasteiger charge is 2.44. The normalized spacial score (nSPS) is 20.6. The molecule has 5 nitrogen and oxygen atoms in total. The van der Waals surface area contributed by atoms with Gasteiger partial charge in [-0.1, -0.05) is 0 Å². The van der Waals surface area contributed by atoms with Crippen LogP contribution in [0.25, 0.3) is 0 Å². The molecule has 1 aliphatic heterocycles. The lowest BCUT2D eigenvalue weighted by atomic mass is 9.77. The molecule has 1 amide bonds. The molecule has 4 N–H and O–H groups in total. The van der Waals surface area contributed by atoms with Gasteiger partial charge in [-0.2, -0.15) is 0 Å². The van der Waals surface area contributed by atoms with Crippen molar-refractivity contribution in [1.29, 1.82) is 0 Å². The van der Waals surface area contributed by atoms with Crippen molar-refractivity contribution in [2.45, 2.75) is 51.7 Å². The number of nitrogens with two attached hydrogens (primary N) is 1. The Morgan fingerprint density at radius 3 is 2.22 bits per heavy atom. The monoisotopic (exact) mass is 258 g/mol. The second kappa shape index (κ2) is 5.15. The van der Waals surface area contributed by atoms with Crippen LogP contribution in [0.4, 0.5) is 0 Å². The number of amides is 1. The van der Waals surface area contributed by atoms with Gasteiger partial charge in [0, 0.05) is 19.8 Å². The van der Waals surface area contributed by atoms with Gasteiger partial charge in [-0.15, -0.1) is 0 Å². The number of ether oxygens (including phenoxy) is 1. The molecule has 1 saturated heterocycles. The van der Waals surface area contributed by atoms with Gasteiger partial charge in [0.05, 0.1) is 16.6 Å². The van der Waals surface area contributed by atoms with Crippen molar-refractivity contribution in [1.82, 2.24) is 5.32 Å². The fourth-order valence-electron chi connectivity index (χ4n) is 1.86. The Morgan fingerprint density at radius 1 is 1.33 bits per heavy atom. The molecule has 0 spiro atoms. The van der Waals surface area contributed by atoms with E-state index in [0.29, 0.717) is 32.6 Å². The summed E-state index contributed by atoms with van der Waals surface area (Å²) in [6.07, 6.45) is 1.27. The van der Waals surface area contributed by atoms with Crippen LogP contribution in [0.15, 0.2) is 0 Å². The summed E-state index contributed by atoms with van der Waals surface area (Å²) in [5.74, 6) is -0.0829. The van der Waals surface area contributed by atoms with Gasteiger partial charge in [-0.25, -0.2) is 0 Å². The lowest BCUT2D eigenvalue weighted by molar-refractivity contribution is -0.141. The summed E-state index contributed by atoms with van der Waals surface area (Å²) in [5, 5.41) is 13.0. The maximum atomic E-state index is 12.5. The number of carbonyl (C=O) groups excluding carboxylic acids is 1. The average Bonchev–Trinajstić information content (AvgIpc) is 2.27.